The van der Waals surface area contributed by atoms with Gasteiger partial charge in [-0.1, -0.05) is 250 Å². The van der Waals surface area contributed by atoms with E-state index in [1.54, 1.807) is 0 Å². The van der Waals surface area contributed by atoms with E-state index < -0.39 is 0 Å². The van der Waals surface area contributed by atoms with Gasteiger partial charge in [-0.3, -0.25) is 0 Å². The summed E-state index contributed by atoms with van der Waals surface area (Å²) in [6, 6.07) is 0. The molecular formula is C37H98. The molecule has 0 heteroatoms. The normalized spacial score (nSPS) is 6.16. The highest BCUT2D eigenvalue weighted by Gasteiger charge is 1.56. The van der Waals surface area contributed by atoms with Crippen LogP contribution < -0.4 is 0 Å². The average molecular weight is 543 g/mol. The van der Waals surface area contributed by atoms with Gasteiger partial charge in [0, 0.05) is 0 Å². The zero-order valence-corrected chi connectivity index (χ0v) is 33.2. The molecule has 0 aliphatic rings. The van der Waals surface area contributed by atoms with Gasteiger partial charge in [0.25, 0.3) is 0 Å². The van der Waals surface area contributed by atoms with Gasteiger partial charge >= 0.3 is 0 Å². The second-order valence-electron chi connectivity index (χ2n) is 8.78. The SMILES string of the molecule is CCC.CCC.CCC.CCC.CCC.CCC.CCC.CCC.CCC.CCC.CCC.CCCC. The second kappa shape index (κ2) is 261. The van der Waals surface area contributed by atoms with E-state index in [-0.39, 0.29) is 0 Å². The molecule has 0 unspecified atom stereocenters. The van der Waals surface area contributed by atoms with Crippen molar-refractivity contribution in [2.45, 2.75) is 250 Å². The summed E-state index contributed by atoms with van der Waals surface area (Å²) in [7, 11) is 0. The minimum absolute atomic E-state index is 1.25. The Morgan fingerprint density at radius 1 is 0.135 bits per heavy atom. The molecule has 0 aliphatic carbocycles. The molecule has 0 N–H and O–H groups in total. The van der Waals surface area contributed by atoms with E-state index in [9.17, 15) is 0 Å². The summed E-state index contributed by atoms with van der Waals surface area (Å²) in [4.78, 5) is 0. The maximum atomic E-state index is 2.18. The van der Waals surface area contributed by atoms with Crippen molar-refractivity contribution >= 4 is 0 Å². The lowest BCUT2D eigenvalue weighted by Crippen LogP contribution is -1.47. The summed E-state index contributed by atoms with van der Waals surface area (Å²) in [6.07, 6.45) is 16.4. The first-order chi connectivity index (χ1) is 17.5. The van der Waals surface area contributed by atoms with Crippen LogP contribution in [0.2, 0.25) is 0 Å². The Labute approximate surface area is 249 Å². The van der Waals surface area contributed by atoms with Crippen LogP contribution in [-0.4, -0.2) is 0 Å². The van der Waals surface area contributed by atoms with Crippen molar-refractivity contribution in [2.75, 3.05) is 0 Å². The Hall–Kier alpha value is 0. The summed E-state index contributed by atoms with van der Waals surface area (Å²) < 4.78 is 0. The molecule has 0 saturated heterocycles. The van der Waals surface area contributed by atoms with Gasteiger partial charge in [0.1, 0.15) is 0 Å². The molecule has 0 aliphatic heterocycles. The molecule has 0 rings (SSSR count). The second-order valence-corrected chi connectivity index (χ2v) is 8.78. The largest absolute Gasteiger partial charge is 0.0656 e. The van der Waals surface area contributed by atoms with Crippen LogP contribution in [0.4, 0.5) is 0 Å². The molecule has 0 aromatic rings. The average Bonchev–Trinajstić information content (AvgIpc) is 2.80. The van der Waals surface area contributed by atoms with Gasteiger partial charge in [0.05, 0.1) is 0 Å². The quantitative estimate of drug-likeness (QED) is 0.309. The Morgan fingerprint density at radius 3 is 0.162 bits per heavy atom. The minimum atomic E-state index is 1.25. The van der Waals surface area contributed by atoms with Crippen LogP contribution in [0.15, 0.2) is 0 Å². The van der Waals surface area contributed by atoms with Crippen molar-refractivity contribution in [3.05, 3.63) is 0 Å². The number of hydrogen-bond acceptors (Lipinski definition) is 0. The van der Waals surface area contributed by atoms with E-state index in [2.05, 4.69) is 166 Å². The van der Waals surface area contributed by atoms with Crippen LogP contribution in [0.3, 0.4) is 0 Å². The van der Waals surface area contributed by atoms with Gasteiger partial charge in [-0.25, -0.2) is 0 Å². The Balaban J connectivity index is -0.0000000184. The highest BCUT2D eigenvalue weighted by molar-refractivity contribution is 4.12. The van der Waals surface area contributed by atoms with E-state index in [0.29, 0.717) is 0 Å². The van der Waals surface area contributed by atoms with Crippen molar-refractivity contribution in [3.63, 3.8) is 0 Å². The molecule has 0 amide bonds. The van der Waals surface area contributed by atoms with Crippen LogP contribution in [0.5, 0.6) is 0 Å². The Bertz CT molecular complexity index is 56.2. The fraction of sp³-hybridized carbons (Fsp3) is 1.00. The molecule has 0 aromatic heterocycles. The minimum Gasteiger partial charge on any atom is -0.0656 e. The maximum absolute atomic E-state index is 2.18. The third kappa shape index (κ3) is 41600. The third-order valence-electron chi connectivity index (χ3n) is 0.500. The van der Waals surface area contributed by atoms with Gasteiger partial charge in [-0.15, -0.1) is 0 Å². The Kier molecular flexibility index (Phi) is 541. The molecule has 0 saturated carbocycles. The molecule has 0 aromatic carbocycles. The van der Waals surface area contributed by atoms with Crippen LogP contribution in [0.1, 0.15) is 250 Å². The number of rotatable bonds is 1. The van der Waals surface area contributed by atoms with E-state index in [4.69, 9.17) is 0 Å². The lowest BCUT2D eigenvalue weighted by molar-refractivity contribution is 0.886. The summed E-state index contributed by atoms with van der Waals surface area (Å²) in [6.45, 7) is 51.1. The van der Waals surface area contributed by atoms with Crippen molar-refractivity contribution in [1.29, 1.82) is 0 Å². The van der Waals surface area contributed by atoms with Crippen molar-refractivity contribution < 1.29 is 0 Å². The first kappa shape index (κ1) is 76.7. The van der Waals surface area contributed by atoms with Gasteiger partial charge < -0.3 is 0 Å². The van der Waals surface area contributed by atoms with E-state index in [1.165, 1.54) is 83.5 Å². The van der Waals surface area contributed by atoms with Gasteiger partial charge in [0.15, 0.2) is 0 Å². The van der Waals surface area contributed by atoms with E-state index in [0.717, 1.165) is 0 Å². The maximum Gasteiger partial charge on any atom is -0.0564 e. The zero-order chi connectivity index (χ0) is 33.2. The molecule has 0 heterocycles. The summed E-state index contributed by atoms with van der Waals surface area (Å²) in [5.74, 6) is 0. The lowest BCUT2D eigenvalue weighted by Gasteiger charge is -1.68. The van der Waals surface area contributed by atoms with Gasteiger partial charge in [0.2, 0.25) is 0 Å². The lowest BCUT2D eigenvalue weighted by atomic mass is 10.4. The van der Waals surface area contributed by atoms with Crippen LogP contribution in [0.25, 0.3) is 0 Å². The molecule has 0 radical (unpaired) electrons. The summed E-state index contributed by atoms with van der Waals surface area (Å²) >= 11 is 0. The monoisotopic (exact) mass is 543 g/mol. The molecule has 0 bridgehead atoms. The molecule has 0 atom stereocenters. The predicted octanol–water partition coefficient (Wildman–Crippen LogP) is 17.4. The van der Waals surface area contributed by atoms with Crippen LogP contribution >= 0.6 is 0 Å². The molecule has 0 fully saturated rings. The highest BCUT2D eigenvalue weighted by Crippen LogP contribution is 1.76. The molecule has 0 spiro atoms. The first-order valence-corrected chi connectivity index (χ1v) is 17.5. The molecule has 0 nitrogen and oxygen atoms in total. The fourth-order valence-electron chi connectivity index (χ4n) is 0. The standard InChI is InChI=1S/C4H10.11C3H8/c1-3-4-2;11*1-3-2/h3-4H2,1-2H3;11*3H2,1-2H3. The van der Waals surface area contributed by atoms with E-state index in [1.807, 2.05) is 0 Å². The van der Waals surface area contributed by atoms with Crippen molar-refractivity contribution in [2.24, 2.45) is 0 Å². The number of unbranched alkanes of at least 4 members (excludes halogenated alkanes) is 1. The number of hydrogen-bond donors (Lipinski definition) is 0. The molecule has 246 valence electrons. The van der Waals surface area contributed by atoms with Crippen LogP contribution in [0, 0.1) is 0 Å². The smallest absolute Gasteiger partial charge is 0.0564 e. The summed E-state index contributed by atoms with van der Waals surface area (Å²) in [5, 5.41) is 0. The summed E-state index contributed by atoms with van der Waals surface area (Å²) in [5.41, 5.74) is 0. The zero-order valence-electron chi connectivity index (χ0n) is 33.2. The molecule has 37 heavy (non-hydrogen) atoms. The van der Waals surface area contributed by atoms with Crippen molar-refractivity contribution in [3.8, 4) is 0 Å². The topological polar surface area (TPSA) is 0 Å². The van der Waals surface area contributed by atoms with Crippen LogP contribution in [-0.2, 0) is 0 Å². The van der Waals surface area contributed by atoms with Gasteiger partial charge in [-0.05, 0) is 0 Å². The van der Waals surface area contributed by atoms with Crippen molar-refractivity contribution in [1.82, 2.24) is 0 Å². The Morgan fingerprint density at radius 2 is 0.162 bits per heavy atom. The highest BCUT2D eigenvalue weighted by atomic mass is 13.6. The van der Waals surface area contributed by atoms with Gasteiger partial charge in [-0.2, -0.15) is 0 Å². The molecular weight excluding hydrogens is 444 g/mol. The fourth-order valence-corrected chi connectivity index (χ4v) is 0. The predicted molar refractivity (Wildman–Crippen MR) is 196 cm³/mol. The van der Waals surface area contributed by atoms with E-state index >= 15 is 0 Å². The first-order valence-electron chi connectivity index (χ1n) is 17.5. The third-order valence-corrected chi connectivity index (χ3v) is 0.500.